The maximum atomic E-state index is 9.73. The monoisotopic (exact) mass is 404 g/mol. The largest absolute Gasteiger partial charge is 0.726 e. The van der Waals surface area contributed by atoms with Gasteiger partial charge in [-0.2, -0.15) is 0 Å². The summed E-state index contributed by atoms with van der Waals surface area (Å²) in [5.74, 6) is 0. The minimum Gasteiger partial charge on any atom is -0.726 e. The van der Waals surface area contributed by atoms with E-state index in [4.69, 9.17) is 0 Å². The SMILES string of the molecule is CCCCCCCCCCCCn1cc[n+](C)c1.CCCCOS(=O)(=O)[O-]. The van der Waals surface area contributed by atoms with E-state index in [0.717, 1.165) is 6.42 Å². The number of imidazole rings is 1. The lowest BCUT2D eigenvalue weighted by Gasteiger charge is -2.05. The molecule has 0 spiro atoms. The highest BCUT2D eigenvalue weighted by Crippen LogP contribution is 2.10. The van der Waals surface area contributed by atoms with Crippen LogP contribution in [0.15, 0.2) is 18.7 Å². The van der Waals surface area contributed by atoms with Gasteiger partial charge in [0.1, 0.15) is 12.4 Å². The summed E-state index contributed by atoms with van der Waals surface area (Å²) >= 11 is 0. The molecule has 1 heterocycles. The predicted molar refractivity (Wildman–Crippen MR) is 108 cm³/mol. The van der Waals surface area contributed by atoms with Crippen molar-refractivity contribution in [3.8, 4) is 0 Å². The molecule has 1 aromatic rings. The zero-order valence-corrected chi connectivity index (χ0v) is 18.4. The van der Waals surface area contributed by atoms with Gasteiger partial charge in [0.2, 0.25) is 16.7 Å². The van der Waals surface area contributed by atoms with Gasteiger partial charge in [0, 0.05) is 0 Å². The third kappa shape index (κ3) is 19.6. The van der Waals surface area contributed by atoms with Crippen molar-refractivity contribution in [1.82, 2.24) is 4.57 Å². The summed E-state index contributed by atoms with van der Waals surface area (Å²) in [5.41, 5.74) is 0. The van der Waals surface area contributed by atoms with Gasteiger partial charge in [-0.1, -0.05) is 71.6 Å². The first kappa shape index (κ1) is 26.1. The zero-order chi connectivity index (χ0) is 20.4. The van der Waals surface area contributed by atoms with Gasteiger partial charge >= 0.3 is 0 Å². The third-order valence-corrected chi connectivity index (χ3v) is 4.77. The van der Waals surface area contributed by atoms with Crippen LogP contribution < -0.4 is 4.57 Å². The molecule has 1 aromatic heterocycles. The molecule has 0 amide bonds. The lowest BCUT2D eigenvalue weighted by molar-refractivity contribution is -0.671. The van der Waals surface area contributed by atoms with Crippen molar-refractivity contribution in [2.75, 3.05) is 6.61 Å². The lowest BCUT2D eigenvalue weighted by Crippen LogP contribution is -2.23. The second-order valence-electron chi connectivity index (χ2n) is 7.08. The van der Waals surface area contributed by atoms with E-state index in [1.54, 1.807) is 0 Å². The summed E-state index contributed by atoms with van der Waals surface area (Å²) in [7, 11) is -2.37. The molecule has 0 aliphatic rings. The second-order valence-corrected chi connectivity index (χ2v) is 8.13. The minimum atomic E-state index is -4.45. The second kappa shape index (κ2) is 17.2. The van der Waals surface area contributed by atoms with E-state index >= 15 is 0 Å². The molecule has 0 atom stereocenters. The van der Waals surface area contributed by atoms with Crippen molar-refractivity contribution in [3.05, 3.63) is 18.7 Å². The third-order valence-electron chi connectivity index (χ3n) is 4.32. The van der Waals surface area contributed by atoms with E-state index < -0.39 is 10.4 Å². The van der Waals surface area contributed by atoms with Gasteiger partial charge in [-0.3, -0.25) is 4.18 Å². The Hall–Kier alpha value is -0.920. The van der Waals surface area contributed by atoms with Crippen molar-refractivity contribution >= 4 is 10.4 Å². The molecule has 0 saturated carbocycles. The summed E-state index contributed by atoms with van der Waals surface area (Å²) in [6.07, 6.45) is 22.0. The molecule has 1 rings (SSSR count). The normalized spacial score (nSPS) is 11.3. The first-order valence-corrected chi connectivity index (χ1v) is 11.8. The fourth-order valence-electron chi connectivity index (χ4n) is 2.72. The maximum Gasteiger partial charge on any atom is 0.243 e. The summed E-state index contributed by atoms with van der Waals surface area (Å²) in [5, 5.41) is 0. The van der Waals surface area contributed by atoms with Crippen LogP contribution >= 0.6 is 0 Å². The predicted octanol–water partition coefficient (Wildman–Crippen LogP) is 4.50. The molecule has 27 heavy (non-hydrogen) atoms. The summed E-state index contributed by atoms with van der Waals surface area (Å²) < 4.78 is 37.5. The lowest BCUT2D eigenvalue weighted by atomic mass is 10.1. The summed E-state index contributed by atoms with van der Waals surface area (Å²) in [4.78, 5) is 0. The van der Waals surface area contributed by atoms with E-state index in [2.05, 4.69) is 46.0 Å². The van der Waals surface area contributed by atoms with Gasteiger partial charge in [-0.05, 0) is 19.3 Å². The van der Waals surface area contributed by atoms with Crippen LogP contribution in [0.1, 0.15) is 90.9 Å². The van der Waals surface area contributed by atoms with E-state index in [-0.39, 0.29) is 6.61 Å². The van der Waals surface area contributed by atoms with Crippen molar-refractivity contribution in [2.24, 2.45) is 7.05 Å². The number of nitrogens with zero attached hydrogens (tertiary/aromatic N) is 2. The Balaban J connectivity index is 0.000000636. The molecule has 7 heteroatoms. The van der Waals surface area contributed by atoms with Gasteiger partial charge < -0.3 is 4.55 Å². The van der Waals surface area contributed by atoms with Crippen LogP contribution in [0.5, 0.6) is 0 Å². The number of aryl methyl sites for hydroxylation is 2. The Morgan fingerprint density at radius 3 is 1.85 bits per heavy atom. The molecule has 0 saturated heterocycles. The fourth-order valence-corrected chi connectivity index (χ4v) is 3.04. The summed E-state index contributed by atoms with van der Waals surface area (Å²) in [6, 6.07) is 0. The first-order valence-electron chi connectivity index (χ1n) is 10.5. The van der Waals surface area contributed by atoms with E-state index in [1.165, 1.54) is 70.8 Å². The summed E-state index contributed by atoms with van der Waals surface area (Å²) in [6.45, 7) is 5.34. The molecule has 0 aromatic carbocycles. The molecule has 0 fully saturated rings. The standard InChI is InChI=1S/C16H31N2.C4H10O4S/c1-3-4-5-6-7-8-9-10-11-12-13-18-15-14-17(2)16-18;1-2-3-4-8-9(5,6)7/h14-16H,3-13H2,1-2H3;2-4H2,1H3,(H,5,6,7)/q+1;/p-1. The van der Waals surface area contributed by atoms with E-state index in [0.29, 0.717) is 6.42 Å². The van der Waals surface area contributed by atoms with E-state index in [1.807, 2.05) is 6.92 Å². The Morgan fingerprint density at radius 2 is 1.41 bits per heavy atom. The average Bonchev–Trinajstić information content (AvgIpc) is 3.02. The van der Waals surface area contributed by atoms with Gasteiger partial charge in [-0.25, -0.2) is 17.6 Å². The highest BCUT2D eigenvalue weighted by molar-refractivity contribution is 7.80. The Morgan fingerprint density at radius 1 is 0.889 bits per heavy atom. The number of aromatic nitrogens is 2. The molecule has 160 valence electrons. The average molecular weight is 405 g/mol. The zero-order valence-electron chi connectivity index (χ0n) is 17.6. The Bertz CT molecular complexity index is 544. The highest BCUT2D eigenvalue weighted by Gasteiger charge is 1.99. The van der Waals surface area contributed by atoms with Crippen LogP contribution in [0, 0.1) is 0 Å². The van der Waals surface area contributed by atoms with Crippen LogP contribution in [-0.4, -0.2) is 24.1 Å². The topological polar surface area (TPSA) is 75.2 Å². The minimum absolute atomic E-state index is 0.00231. The molecule has 0 aliphatic heterocycles. The molecule has 0 N–H and O–H groups in total. The maximum absolute atomic E-state index is 9.73. The fraction of sp³-hybridized carbons (Fsp3) is 0.850. The van der Waals surface area contributed by atoms with Crippen molar-refractivity contribution in [2.45, 2.75) is 97.4 Å². The van der Waals surface area contributed by atoms with Crippen LogP contribution in [0.2, 0.25) is 0 Å². The molecule has 0 bridgehead atoms. The van der Waals surface area contributed by atoms with Crippen LogP contribution in [0.4, 0.5) is 0 Å². The van der Waals surface area contributed by atoms with Gasteiger partial charge in [0.15, 0.2) is 0 Å². The number of rotatable bonds is 15. The molecular formula is C20H40N2O4S. The van der Waals surface area contributed by atoms with Crippen molar-refractivity contribution in [3.63, 3.8) is 0 Å². The molecule has 0 aliphatic carbocycles. The molecule has 0 radical (unpaired) electrons. The molecular weight excluding hydrogens is 364 g/mol. The van der Waals surface area contributed by atoms with Crippen molar-refractivity contribution < 1.29 is 21.7 Å². The first-order chi connectivity index (χ1) is 12.9. The van der Waals surface area contributed by atoms with E-state index in [9.17, 15) is 13.0 Å². The number of hydrogen-bond donors (Lipinski definition) is 0. The van der Waals surface area contributed by atoms with Crippen LogP contribution in [0.25, 0.3) is 0 Å². The van der Waals surface area contributed by atoms with Gasteiger partial charge in [-0.15, -0.1) is 0 Å². The van der Waals surface area contributed by atoms with Gasteiger partial charge in [0.05, 0.1) is 20.2 Å². The highest BCUT2D eigenvalue weighted by atomic mass is 32.3. The van der Waals surface area contributed by atoms with Crippen LogP contribution in [0.3, 0.4) is 0 Å². The number of hydrogen-bond acceptors (Lipinski definition) is 4. The van der Waals surface area contributed by atoms with Crippen LogP contribution in [-0.2, 0) is 28.2 Å². The van der Waals surface area contributed by atoms with Gasteiger partial charge in [0.25, 0.3) is 0 Å². The smallest absolute Gasteiger partial charge is 0.243 e. The Labute approximate surface area is 166 Å². The Kier molecular flexibility index (Phi) is 16.6. The number of unbranched alkanes of at least 4 members (excludes halogenated alkanes) is 10. The quantitative estimate of drug-likeness (QED) is 0.187. The molecule has 0 unspecified atom stereocenters. The van der Waals surface area contributed by atoms with Crippen molar-refractivity contribution in [1.29, 1.82) is 0 Å². The molecule has 6 nitrogen and oxygen atoms in total.